The van der Waals surface area contributed by atoms with Gasteiger partial charge in [0.1, 0.15) is 5.69 Å². The predicted octanol–water partition coefficient (Wildman–Crippen LogP) is 5.05. The first kappa shape index (κ1) is 15.2. The Labute approximate surface area is 153 Å². The lowest BCUT2D eigenvalue weighted by Gasteiger charge is -2.10. The molecule has 0 aliphatic carbocycles. The molecule has 0 N–H and O–H groups in total. The Morgan fingerprint density at radius 1 is 1.08 bits per heavy atom. The molecule has 0 radical (unpaired) electrons. The van der Waals surface area contributed by atoms with Crippen LogP contribution < -0.4 is 0 Å². The first-order valence-electron chi connectivity index (χ1n) is 8.28. The molecule has 0 aliphatic rings. The van der Waals surface area contributed by atoms with Crippen LogP contribution in [0.4, 0.5) is 0 Å². The molecule has 0 aliphatic heterocycles. The molecule has 0 saturated heterocycles. The number of aromatic nitrogens is 4. The molecule has 0 fully saturated rings. The minimum Gasteiger partial charge on any atom is -0.336 e. The number of benzene rings is 1. The zero-order valence-electron chi connectivity index (χ0n) is 14.0. The van der Waals surface area contributed by atoms with Crippen molar-refractivity contribution >= 4 is 33.3 Å². The minimum atomic E-state index is 0.0772. The fourth-order valence-electron chi connectivity index (χ4n) is 3.18. The van der Waals surface area contributed by atoms with Crippen LogP contribution >= 0.6 is 11.3 Å². The van der Waals surface area contributed by atoms with Crippen molar-refractivity contribution in [2.24, 2.45) is 0 Å². The fourth-order valence-corrected chi connectivity index (χ4v) is 3.74. The van der Waals surface area contributed by atoms with Crippen molar-refractivity contribution in [3.05, 3.63) is 70.9 Å². The lowest BCUT2D eigenvalue weighted by Crippen LogP contribution is -1.97. The van der Waals surface area contributed by atoms with E-state index >= 15 is 0 Å². The number of hydrogen-bond acceptors (Lipinski definition) is 6. The highest BCUT2D eigenvalue weighted by molar-refractivity contribution is 7.07. The van der Waals surface area contributed by atoms with Gasteiger partial charge in [-0.3, -0.25) is 4.98 Å². The van der Waals surface area contributed by atoms with Crippen molar-refractivity contribution < 1.29 is 4.52 Å². The third-order valence-corrected chi connectivity index (χ3v) is 5.21. The van der Waals surface area contributed by atoms with Crippen LogP contribution in [0, 0.1) is 0 Å². The number of rotatable bonds is 3. The highest BCUT2D eigenvalue weighted by Gasteiger charge is 2.19. The van der Waals surface area contributed by atoms with Crippen LogP contribution in [0.3, 0.4) is 0 Å². The Hall–Kier alpha value is -3.12. The van der Waals surface area contributed by atoms with E-state index in [1.807, 2.05) is 29.2 Å². The molecule has 26 heavy (non-hydrogen) atoms. The lowest BCUT2D eigenvalue weighted by molar-refractivity contribution is 0.436. The van der Waals surface area contributed by atoms with E-state index in [9.17, 15) is 0 Å². The Bertz CT molecular complexity index is 1210. The Balaban J connectivity index is 1.61. The number of hydrogen-bond donors (Lipinski definition) is 0. The summed E-state index contributed by atoms with van der Waals surface area (Å²) in [7, 11) is 0. The summed E-state index contributed by atoms with van der Waals surface area (Å²) in [6, 6.07) is 12.4. The molecule has 5 nitrogen and oxygen atoms in total. The molecule has 1 atom stereocenters. The van der Waals surface area contributed by atoms with Crippen molar-refractivity contribution in [2.45, 2.75) is 12.8 Å². The summed E-state index contributed by atoms with van der Waals surface area (Å²) in [5.41, 5.74) is 7.29. The molecule has 0 saturated carbocycles. The molecule has 5 aromatic rings. The van der Waals surface area contributed by atoms with E-state index in [0.29, 0.717) is 5.71 Å². The van der Waals surface area contributed by atoms with Gasteiger partial charge in [0, 0.05) is 34.6 Å². The average Bonchev–Trinajstić information content (AvgIpc) is 3.36. The molecule has 0 spiro atoms. The molecule has 126 valence electrons. The van der Waals surface area contributed by atoms with Gasteiger partial charge in [-0.15, -0.1) is 11.3 Å². The molecule has 4 heterocycles. The monoisotopic (exact) mass is 358 g/mol. The van der Waals surface area contributed by atoms with E-state index in [0.717, 1.165) is 33.2 Å². The van der Waals surface area contributed by atoms with Crippen LogP contribution in [0.25, 0.3) is 33.3 Å². The molecular weight excluding hydrogens is 344 g/mol. The first-order chi connectivity index (χ1) is 12.8. The van der Waals surface area contributed by atoms with Crippen LogP contribution in [0.1, 0.15) is 24.1 Å². The van der Waals surface area contributed by atoms with Crippen molar-refractivity contribution in [3.8, 4) is 11.3 Å². The Morgan fingerprint density at radius 2 is 2.04 bits per heavy atom. The van der Waals surface area contributed by atoms with E-state index in [1.54, 1.807) is 17.5 Å². The van der Waals surface area contributed by atoms with Gasteiger partial charge in [-0.1, -0.05) is 24.2 Å². The molecular formula is C20H14N4OS. The largest absolute Gasteiger partial charge is 0.336 e. The van der Waals surface area contributed by atoms with Gasteiger partial charge >= 0.3 is 0 Å². The summed E-state index contributed by atoms with van der Waals surface area (Å²) in [6.07, 6.45) is 3.58. The van der Waals surface area contributed by atoms with E-state index in [1.165, 1.54) is 5.56 Å². The van der Waals surface area contributed by atoms with Gasteiger partial charge in [-0.05, 0) is 29.8 Å². The van der Waals surface area contributed by atoms with Gasteiger partial charge in [-0.2, -0.15) is 0 Å². The standard InChI is InChI=1S/C20H14N4OS/c1-12(13-4-5-17-14(7-13)3-2-6-21-17)19-16-8-15(18-10-26-11-23-18)9-22-20(16)25-24-19/h2-12H,1H3/t12-/m0/s1. The number of nitrogens with zero attached hydrogens (tertiary/aromatic N) is 4. The second kappa shape index (κ2) is 6.00. The SMILES string of the molecule is C[C@@H](c1ccc2ncccc2c1)c1noc2ncc(-c3cscn3)cc12. The maximum Gasteiger partial charge on any atom is 0.257 e. The summed E-state index contributed by atoms with van der Waals surface area (Å²) in [6.45, 7) is 2.13. The minimum absolute atomic E-state index is 0.0772. The highest BCUT2D eigenvalue weighted by atomic mass is 32.1. The van der Waals surface area contributed by atoms with Gasteiger partial charge < -0.3 is 4.52 Å². The van der Waals surface area contributed by atoms with E-state index in [2.05, 4.69) is 51.3 Å². The molecule has 1 aromatic carbocycles. The molecule has 0 bridgehead atoms. The summed E-state index contributed by atoms with van der Waals surface area (Å²) in [5.74, 6) is 0.0772. The van der Waals surface area contributed by atoms with Gasteiger partial charge in [0.05, 0.1) is 22.1 Å². The summed E-state index contributed by atoms with van der Waals surface area (Å²) >= 11 is 1.57. The van der Waals surface area contributed by atoms with Crippen LogP contribution in [0.2, 0.25) is 0 Å². The molecule has 4 aromatic heterocycles. The zero-order valence-corrected chi connectivity index (χ0v) is 14.8. The van der Waals surface area contributed by atoms with Gasteiger partial charge in [0.15, 0.2) is 0 Å². The molecule has 0 unspecified atom stereocenters. The Morgan fingerprint density at radius 3 is 2.92 bits per heavy atom. The van der Waals surface area contributed by atoms with Crippen LogP contribution in [0.15, 0.2) is 64.2 Å². The van der Waals surface area contributed by atoms with Crippen LogP contribution in [0.5, 0.6) is 0 Å². The summed E-state index contributed by atoms with van der Waals surface area (Å²) < 4.78 is 5.46. The maximum absolute atomic E-state index is 5.46. The topological polar surface area (TPSA) is 64.7 Å². The fraction of sp³-hybridized carbons (Fsp3) is 0.100. The second-order valence-corrected chi connectivity index (χ2v) is 6.91. The summed E-state index contributed by atoms with van der Waals surface area (Å²) in [4.78, 5) is 13.2. The third-order valence-electron chi connectivity index (χ3n) is 4.62. The zero-order chi connectivity index (χ0) is 17.5. The van der Waals surface area contributed by atoms with E-state index in [-0.39, 0.29) is 5.92 Å². The van der Waals surface area contributed by atoms with Gasteiger partial charge in [0.25, 0.3) is 5.71 Å². The van der Waals surface area contributed by atoms with Crippen LogP contribution in [-0.4, -0.2) is 20.1 Å². The third kappa shape index (κ3) is 2.46. The lowest BCUT2D eigenvalue weighted by atomic mass is 9.94. The van der Waals surface area contributed by atoms with E-state index < -0.39 is 0 Å². The van der Waals surface area contributed by atoms with Crippen molar-refractivity contribution in [1.29, 1.82) is 0 Å². The van der Waals surface area contributed by atoms with Crippen molar-refractivity contribution in [3.63, 3.8) is 0 Å². The number of fused-ring (bicyclic) bond motifs is 2. The van der Waals surface area contributed by atoms with Crippen molar-refractivity contribution in [2.75, 3.05) is 0 Å². The number of thiazole rings is 1. The summed E-state index contributed by atoms with van der Waals surface area (Å²) in [5, 5.41) is 8.35. The van der Waals surface area contributed by atoms with E-state index in [4.69, 9.17) is 4.52 Å². The Kier molecular flexibility index (Phi) is 3.50. The number of pyridine rings is 2. The molecule has 0 amide bonds. The predicted molar refractivity (Wildman–Crippen MR) is 102 cm³/mol. The maximum atomic E-state index is 5.46. The van der Waals surface area contributed by atoms with Gasteiger partial charge in [0.2, 0.25) is 0 Å². The average molecular weight is 358 g/mol. The highest BCUT2D eigenvalue weighted by Crippen LogP contribution is 2.32. The molecule has 6 heteroatoms. The quantitative estimate of drug-likeness (QED) is 0.452. The molecule has 5 rings (SSSR count). The normalized spacial score (nSPS) is 12.7. The second-order valence-electron chi connectivity index (χ2n) is 6.20. The van der Waals surface area contributed by atoms with Crippen molar-refractivity contribution in [1.82, 2.24) is 20.1 Å². The van der Waals surface area contributed by atoms with Gasteiger partial charge in [-0.25, -0.2) is 9.97 Å². The van der Waals surface area contributed by atoms with Crippen LogP contribution in [-0.2, 0) is 0 Å². The smallest absolute Gasteiger partial charge is 0.257 e. The first-order valence-corrected chi connectivity index (χ1v) is 9.22.